The standard InChI is InChI=1S/C19H41N3O10/c23-6-1-19(32)22(10-18(31)14-27)5-4-20(7-15(28)11-24)2-3-21(8-16(29)12-25)9-17(30)13-26/h15-18,23-31H,1-14H2. The smallest absolute Gasteiger partial charge is 0.225 e. The third-order valence-corrected chi connectivity index (χ3v) is 4.78. The lowest BCUT2D eigenvalue weighted by Gasteiger charge is -2.32. The molecule has 0 spiro atoms. The topological polar surface area (TPSA) is 209 Å². The van der Waals surface area contributed by atoms with Crippen LogP contribution in [-0.2, 0) is 4.79 Å². The third kappa shape index (κ3) is 14.2. The second-order valence-electron chi connectivity index (χ2n) is 7.72. The van der Waals surface area contributed by atoms with Crippen LogP contribution < -0.4 is 0 Å². The normalized spacial score (nSPS) is 15.7. The molecule has 1 amide bonds. The molecule has 4 unspecified atom stereocenters. The van der Waals surface area contributed by atoms with Crippen LogP contribution in [0.15, 0.2) is 0 Å². The molecule has 0 aliphatic heterocycles. The summed E-state index contributed by atoms with van der Waals surface area (Å²) in [5, 5.41) is 84.5. The number of nitrogens with zero attached hydrogens (tertiary/aromatic N) is 3. The van der Waals surface area contributed by atoms with Crippen molar-refractivity contribution >= 4 is 5.91 Å². The maximum atomic E-state index is 12.2. The first-order valence-corrected chi connectivity index (χ1v) is 10.7. The molecule has 9 N–H and O–H groups in total. The van der Waals surface area contributed by atoms with Gasteiger partial charge in [-0.3, -0.25) is 14.6 Å². The number of aliphatic hydroxyl groups is 9. The Kier molecular flexibility index (Phi) is 17.9. The van der Waals surface area contributed by atoms with E-state index in [9.17, 15) is 30.3 Å². The van der Waals surface area contributed by atoms with Gasteiger partial charge in [0.2, 0.25) is 5.91 Å². The van der Waals surface area contributed by atoms with Gasteiger partial charge in [-0.25, -0.2) is 0 Å². The number of amides is 1. The SMILES string of the molecule is O=C(CCO)N(CCN(CCN(CC(O)CO)CC(O)CO)CC(O)CO)CC(O)CO. The van der Waals surface area contributed by atoms with E-state index in [0.717, 1.165) is 0 Å². The molecule has 0 radical (unpaired) electrons. The van der Waals surface area contributed by atoms with E-state index in [4.69, 9.17) is 20.4 Å². The van der Waals surface area contributed by atoms with Crippen LogP contribution in [0.5, 0.6) is 0 Å². The minimum atomic E-state index is -1.15. The molecule has 4 atom stereocenters. The Balaban J connectivity index is 5.15. The largest absolute Gasteiger partial charge is 0.396 e. The van der Waals surface area contributed by atoms with Crippen molar-refractivity contribution in [2.45, 2.75) is 30.8 Å². The van der Waals surface area contributed by atoms with Gasteiger partial charge in [-0.05, 0) is 0 Å². The zero-order chi connectivity index (χ0) is 24.5. The summed E-state index contributed by atoms with van der Waals surface area (Å²) < 4.78 is 0. The van der Waals surface area contributed by atoms with Crippen LogP contribution in [0, 0.1) is 0 Å². The van der Waals surface area contributed by atoms with E-state index in [0.29, 0.717) is 0 Å². The highest BCUT2D eigenvalue weighted by Gasteiger charge is 2.21. The fourth-order valence-corrected chi connectivity index (χ4v) is 3.05. The average molecular weight is 472 g/mol. The second-order valence-corrected chi connectivity index (χ2v) is 7.72. The summed E-state index contributed by atoms with van der Waals surface area (Å²) in [5.74, 6) is -0.415. The van der Waals surface area contributed by atoms with Crippen LogP contribution in [0.3, 0.4) is 0 Å². The molecule has 0 saturated carbocycles. The third-order valence-electron chi connectivity index (χ3n) is 4.78. The van der Waals surface area contributed by atoms with Crippen molar-refractivity contribution in [2.75, 3.05) is 85.4 Å². The summed E-state index contributed by atoms with van der Waals surface area (Å²) in [7, 11) is 0. The summed E-state index contributed by atoms with van der Waals surface area (Å²) >= 11 is 0. The Labute approximate surface area is 188 Å². The van der Waals surface area contributed by atoms with E-state index in [-0.39, 0.29) is 65.4 Å². The minimum absolute atomic E-state index is 0.0355. The molecular formula is C19H41N3O10. The number of aliphatic hydroxyl groups excluding tert-OH is 9. The Morgan fingerprint density at radius 3 is 1.38 bits per heavy atom. The quantitative estimate of drug-likeness (QED) is 0.0813. The Hall–Kier alpha value is -0.970. The van der Waals surface area contributed by atoms with E-state index >= 15 is 0 Å². The molecule has 192 valence electrons. The van der Waals surface area contributed by atoms with Crippen LogP contribution >= 0.6 is 0 Å². The molecule has 13 nitrogen and oxygen atoms in total. The highest BCUT2D eigenvalue weighted by Crippen LogP contribution is 2.03. The van der Waals surface area contributed by atoms with E-state index in [1.165, 1.54) is 4.90 Å². The minimum Gasteiger partial charge on any atom is -0.396 e. The summed E-state index contributed by atoms with van der Waals surface area (Å²) in [6, 6.07) is 0. The van der Waals surface area contributed by atoms with Gasteiger partial charge < -0.3 is 50.9 Å². The van der Waals surface area contributed by atoms with Crippen molar-refractivity contribution in [1.82, 2.24) is 14.7 Å². The van der Waals surface area contributed by atoms with E-state index in [1.807, 2.05) is 0 Å². The maximum absolute atomic E-state index is 12.2. The molecule has 0 aromatic heterocycles. The average Bonchev–Trinajstić information content (AvgIpc) is 2.78. The van der Waals surface area contributed by atoms with Gasteiger partial charge in [0.05, 0.1) is 57.5 Å². The van der Waals surface area contributed by atoms with Crippen LogP contribution in [-0.4, -0.2) is 176 Å². The van der Waals surface area contributed by atoms with Crippen LogP contribution in [0.4, 0.5) is 0 Å². The van der Waals surface area contributed by atoms with Gasteiger partial charge in [0.1, 0.15) is 0 Å². The number of hydrogen-bond acceptors (Lipinski definition) is 12. The van der Waals surface area contributed by atoms with Gasteiger partial charge in [-0.2, -0.15) is 0 Å². The van der Waals surface area contributed by atoms with Crippen LogP contribution in [0.2, 0.25) is 0 Å². The van der Waals surface area contributed by atoms with E-state index in [2.05, 4.69) is 0 Å². The molecule has 0 aromatic carbocycles. The molecule has 0 fully saturated rings. The lowest BCUT2D eigenvalue weighted by Crippen LogP contribution is -2.48. The second kappa shape index (κ2) is 18.5. The van der Waals surface area contributed by atoms with E-state index in [1.54, 1.807) is 9.80 Å². The number of rotatable bonds is 20. The fraction of sp³-hybridized carbons (Fsp3) is 0.947. The Bertz CT molecular complexity index is 465. The van der Waals surface area contributed by atoms with Crippen molar-refractivity contribution in [2.24, 2.45) is 0 Å². The molecule has 32 heavy (non-hydrogen) atoms. The zero-order valence-electron chi connectivity index (χ0n) is 18.5. The fourth-order valence-electron chi connectivity index (χ4n) is 3.05. The van der Waals surface area contributed by atoms with Gasteiger partial charge >= 0.3 is 0 Å². The van der Waals surface area contributed by atoms with Crippen molar-refractivity contribution in [1.29, 1.82) is 0 Å². The summed E-state index contributed by atoms with van der Waals surface area (Å²) in [4.78, 5) is 16.9. The molecule has 0 saturated heterocycles. The number of carbonyl (C=O) groups excluding carboxylic acids is 1. The number of hydrogen-bond donors (Lipinski definition) is 9. The number of carbonyl (C=O) groups is 1. The first-order valence-electron chi connectivity index (χ1n) is 10.7. The lowest BCUT2D eigenvalue weighted by molar-refractivity contribution is -0.134. The van der Waals surface area contributed by atoms with Gasteiger partial charge in [0.15, 0.2) is 0 Å². The molecule has 0 aliphatic rings. The van der Waals surface area contributed by atoms with Crippen LogP contribution in [0.1, 0.15) is 6.42 Å². The monoisotopic (exact) mass is 471 g/mol. The van der Waals surface area contributed by atoms with Crippen molar-refractivity contribution in [3.05, 3.63) is 0 Å². The predicted octanol–water partition coefficient (Wildman–Crippen LogP) is -5.79. The van der Waals surface area contributed by atoms with Crippen molar-refractivity contribution in [3.8, 4) is 0 Å². The molecule has 0 rings (SSSR count). The Morgan fingerprint density at radius 2 is 0.938 bits per heavy atom. The van der Waals surface area contributed by atoms with E-state index < -0.39 is 56.8 Å². The van der Waals surface area contributed by atoms with Gasteiger partial charge in [0, 0.05) is 58.8 Å². The highest BCUT2D eigenvalue weighted by molar-refractivity contribution is 5.76. The van der Waals surface area contributed by atoms with Gasteiger partial charge in [-0.15, -0.1) is 0 Å². The summed E-state index contributed by atoms with van der Waals surface area (Å²) in [6.45, 7) is -1.45. The van der Waals surface area contributed by atoms with Crippen molar-refractivity contribution < 1.29 is 50.8 Å². The van der Waals surface area contributed by atoms with Gasteiger partial charge in [0.25, 0.3) is 0 Å². The summed E-state index contributed by atoms with van der Waals surface area (Å²) in [6.07, 6.45) is -4.46. The lowest BCUT2D eigenvalue weighted by atomic mass is 10.2. The molecule has 0 aromatic rings. The van der Waals surface area contributed by atoms with Crippen molar-refractivity contribution in [3.63, 3.8) is 0 Å². The predicted molar refractivity (Wildman–Crippen MR) is 114 cm³/mol. The summed E-state index contributed by atoms with van der Waals surface area (Å²) in [5.41, 5.74) is 0. The molecule has 13 heteroatoms. The first-order chi connectivity index (χ1) is 15.2. The van der Waals surface area contributed by atoms with Gasteiger partial charge in [-0.1, -0.05) is 0 Å². The zero-order valence-corrected chi connectivity index (χ0v) is 18.5. The maximum Gasteiger partial charge on any atom is 0.225 e. The first kappa shape index (κ1) is 31.0. The molecule has 0 bridgehead atoms. The Morgan fingerprint density at radius 1 is 0.562 bits per heavy atom. The highest BCUT2D eigenvalue weighted by atomic mass is 16.3. The molecule has 0 heterocycles. The van der Waals surface area contributed by atoms with Crippen LogP contribution in [0.25, 0.3) is 0 Å². The molecular weight excluding hydrogens is 430 g/mol. The molecule has 0 aliphatic carbocycles.